The fourth-order valence-electron chi connectivity index (χ4n) is 2.61. The SMILES string of the molecule is CC(NC(=O)CCN1CCSC1=O)c1ccc(-n2ccnc2)cc1. The molecule has 1 unspecified atom stereocenters. The van der Waals surface area contributed by atoms with Crippen molar-refractivity contribution in [3.63, 3.8) is 0 Å². The number of imidazole rings is 1. The van der Waals surface area contributed by atoms with Gasteiger partial charge in [0.25, 0.3) is 5.24 Å². The first-order valence-electron chi connectivity index (χ1n) is 7.93. The average molecular weight is 344 g/mol. The minimum atomic E-state index is -0.0713. The van der Waals surface area contributed by atoms with Crippen LogP contribution in [0.4, 0.5) is 4.79 Å². The van der Waals surface area contributed by atoms with Gasteiger partial charge in [0, 0.05) is 43.3 Å². The standard InChI is InChI=1S/C17H20N4O2S/c1-13(19-16(22)6-8-20-10-11-24-17(20)23)14-2-4-15(5-3-14)21-9-7-18-12-21/h2-5,7,9,12-13H,6,8,10-11H2,1H3,(H,19,22). The van der Waals surface area contributed by atoms with E-state index in [0.29, 0.717) is 13.0 Å². The van der Waals surface area contributed by atoms with Crippen LogP contribution in [0.25, 0.3) is 5.69 Å². The molecule has 0 spiro atoms. The smallest absolute Gasteiger partial charge is 0.281 e. The van der Waals surface area contributed by atoms with Gasteiger partial charge >= 0.3 is 0 Å². The molecule has 7 heteroatoms. The van der Waals surface area contributed by atoms with Crippen LogP contribution in [0.3, 0.4) is 0 Å². The molecule has 2 heterocycles. The highest BCUT2D eigenvalue weighted by molar-refractivity contribution is 8.13. The molecule has 1 saturated heterocycles. The van der Waals surface area contributed by atoms with E-state index < -0.39 is 0 Å². The van der Waals surface area contributed by atoms with E-state index in [1.54, 1.807) is 17.4 Å². The summed E-state index contributed by atoms with van der Waals surface area (Å²) in [5.41, 5.74) is 2.07. The van der Waals surface area contributed by atoms with E-state index >= 15 is 0 Å². The molecular weight excluding hydrogens is 324 g/mol. The molecule has 2 aromatic rings. The third-order valence-electron chi connectivity index (χ3n) is 4.03. The van der Waals surface area contributed by atoms with Gasteiger partial charge in [-0.25, -0.2) is 4.98 Å². The zero-order valence-electron chi connectivity index (χ0n) is 13.5. The van der Waals surface area contributed by atoms with Crippen molar-refractivity contribution < 1.29 is 9.59 Å². The van der Waals surface area contributed by atoms with Crippen LogP contribution in [0.15, 0.2) is 43.0 Å². The van der Waals surface area contributed by atoms with Crippen LogP contribution in [0.5, 0.6) is 0 Å². The fraction of sp³-hybridized carbons (Fsp3) is 0.353. The summed E-state index contributed by atoms with van der Waals surface area (Å²) in [6.07, 6.45) is 5.71. The molecule has 1 aliphatic heterocycles. The topological polar surface area (TPSA) is 67.2 Å². The van der Waals surface area contributed by atoms with E-state index in [9.17, 15) is 9.59 Å². The van der Waals surface area contributed by atoms with Crippen LogP contribution in [-0.4, -0.2) is 44.4 Å². The summed E-state index contributed by atoms with van der Waals surface area (Å²) >= 11 is 1.32. The summed E-state index contributed by atoms with van der Waals surface area (Å²) in [5, 5.41) is 3.06. The lowest BCUT2D eigenvalue weighted by molar-refractivity contribution is -0.121. The van der Waals surface area contributed by atoms with E-state index in [4.69, 9.17) is 0 Å². The molecule has 126 valence electrons. The largest absolute Gasteiger partial charge is 0.350 e. The first kappa shape index (κ1) is 16.6. The molecule has 1 atom stereocenters. The van der Waals surface area contributed by atoms with Crippen LogP contribution in [0.1, 0.15) is 24.9 Å². The Labute approximate surface area is 145 Å². The number of rotatable bonds is 6. The lowest BCUT2D eigenvalue weighted by atomic mass is 10.1. The van der Waals surface area contributed by atoms with Crippen molar-refractivity contribution in [1.82, 2.24) is 19.8 Å². The number of aromatic nitrogens is 2. The molecule has 0 bridgehead atoms. The molecule has 2 amide bonds. The van der Waals surface area contributed by atoms with Gasteiger partial charge < -0.3 is 14.8 Å². The number of thioether (sulfide) groups is 1. The maximum atomic E-state index is 12.1. The molecule has 1 aliphatic rings. The minimum absolute atomic E-state index is 0.0362. The molecule has 3 rings (SSSR count). The van der Waals surface area contributed by atoms with Crippen molar-refractivity contribution in [3.05, 3.63) is 48.5 Å². The molecular formula is C17H20N4O2S. The van der Waals surface area contributed by atoms with Gasteiger partial charge in [-0.15, -0.1) is 0 Å². The summed E-state index contributed by atoms with van der Waals surface area (Å²) in [6, 6.07) is 7.93. The highest BCUT2D eigenvalue weighted by Crippen LogP contribution is 2.18. The van der Waals surface area contributed by atoms with Gasteiger partial charge in [-0.3, -0.25) is 9.59 Å². The zero-order valence-corrected chi connectivity index (χ0v) is 14.3. The van der Waals surface area contributed by atoms with Crippen molar-refractivity contribution in [2.24, 2.45) is 0 Å². The summed E-state index contributed by atoms with van der Waals surface area (Å²) in [5.74, 6) is 0.783. The second-order valence-electron chi connectivity index (χ2n) is 5.70. The molecule has 6 nitrogen and oxygen atoms in total. The Morgan fingerprint density at radius 1 is 1.38 bits per heavy atom. The van der Waals surface area contributed by atoms with E-state index in [1.165, 1.54) is 11.8 Å². The Morgan fingerprint density at radius 2 is 2.17 bits per heavy atom. The summed E-state index contributed by atoms with van der Waals surface area (Å²) in [7, 11) is 0. The monoisotopic (exact) mass is 344 g/mol. The fourth-order valence-corrected chi connectivity index (χ4v) is 3.46. The summed E-state index contributed by atoms with van der Waals surface area (Å²) in [4.78, 5) is 29.3. The van der Waals surface area contributed by atoms with Gasteiger partial charge in [-0.05, 0) is 24.6 Å². The van der Waals surface area contributed by atoms with Gasteiger partial charge in [0.2, 0.25) is 5.91 Å². The quantitative estimate of drug-likeness (QED) is 0.875. The number of nitrogens with one attached hydrogen (secondary N) is 1. The lowest BCUT2D eigenvalue weighted by Crippen LogP contribution is -2.32. The molecule has 1 fully saturated rings. The number of hydrogen-bond donors (Lipinski definition) is 1. The van der Waals surface area contributed by atoms with Crippen molar-refractivity contribution in [3.8, 4) is 5.69 Å². The molecule has 0 saturated carbocycles. The Kier molecular flexibility index (Phi) is 5.20. The van der Waals surface area contributed by atoms with Crippen LogP contribution in [0, 0.1) is 0 Å². The van der Waals surface area contributed by atoms with Crippen LogP contribution >= 0.6 is 11.8 Å². The number of hydrogen-bond acceptors (Lipinski definition) is 4. The maximum Gasteiger partial charge on any atom is 0.281 e. The van der Waals surface area contributed by atoms with Gasteiger partial charge in [0.1, 0.15) is 0 Å². The van der Waals surface area contributed by atoms with Crippen LogP contribution in [-0.2, 0) is 4.79 Å². The van der Waals surface area contributed by atoms with Gasteiger partial charge in [0.05, 0.1) is 12.4 Å². The third-order valence-corrected chi connectivity index (χ3v) is 4.92. The number of carbonyl (C=O) groups is 2. The Bertz CT molecular complexity index is 700. The molecule has 1 N–H and O–H groups in total. The highest BCUT2D eigenvalue weighted by Gasteiger charge is 2.21. The highest BCUT2D eigenvalue weighted by atomic mass is 32.2. The normalized spacial score (nSPS) is 15.5. The molecule has 1 aromatic heterocycles. The van der Waals surface area contributed by atoms with Crippen molar-refractivity contribution in [1.29, 1.82) is 0 Å². The molecule has 1 aromatic carbocycles. The first-order chi connectivity index (χ1) is 11.6. The predicted molar refractivity (Wildman–Crippen MR) is 94.2 cm³/mol. The molecule has 0 aliphatic carbocycles. The van der Waals surface area contributed by atoms with E-state index in [1.807, 2.05) is 42.0 Å². The number of benzene rings is 1. The Morgan fingerprint density at radius 3 is 2.79 bits per heavy atom. The third kappa shape index (κ3) is 3.97. The van der Waals surface area contributed by atoms with Crippen molar-refractivity contribution in [2.45, 2.75) is 19.4 Å². The first-order valence-corrected chi connectivity index (χ1v) is 8.91. The van der Waals surface area contributed by atoms with Crippen molar-refractivity contribution in [2.75, 3.05) is 18.8 Å². The summed E-state index contributed by atoms with van der Waals surface area (Å²) in [6.45, 7) is 3.19. The Hall–Kier alpha value is -2.28. The minimum Gasteiger partial charge on any atom is -0.350 e. The van der Waals surface area contributed by atoms with E-state index in [-0.39, 0.29) is 17.2 Å². The van der Waals surface area contributed by atoms with Gasteiger partial charge in [-0.2, -0.15) is 0 Å². The average Bonchev–Trinajstić information content (AvgIpc) is 3.25. The molecule has 0 radical (unpaired) electrons. The predicted octanol–water partition coefficient (Wildman–Crippen LogP) is 2.61. The summed E-state index contributed by atoms with van der Waals surface area (Å²) < 4.78 is 1.93. The second-order valence-corrected chi connectivity index (χ2v) is 6.75. The maximum absolute atomic E-state index is 12.1. The molecule has 24 heavy (non-hydrogen) atoms. The van der Waals surface area contributed by atoms with Crippen LogP contribution in [0.2, 0.25) is 0 Å². The van der Waals surface area contributed by atoms with Crippen LogP contribution < -0.4 is 5.32 Å². The van der Waals surface area contributed by atoms with Gasteiger partial charge in [-0.1, -0.05) is 23.9 Å². The number of carbonyl (C=O) groups excluding carboxylic acids is 2. The zero-order chi connectivity index (χ0) is 16.9. The van der Waals surface area contributed by atoms with E-state index in [2.05, 4.69) is 10.3 Å². The van der Waals surface area contributed by atoms with Crippen molar-refractivity contribution >= 4 is 22.9 Å². The van der Waals surface area contributed by atoms with Gasteiger partial charge in [0.15, 0.2) is 0 Å². The Balaban J connectivity index is 1.51. The number of nitrogens with zero attached hydrogens (tertiary/aromatic N) is 3. The van der Waals surface area contributed by atoms with E-state index in [0.717, 1.165) is 23.5 Å². The lowest BCUT2D eigenvalue weighted by Gasteiger charge is -2.17. The number of amides is 2. The second kappa shape index (κ2) is 7.53.